The van der Waals surface area contributed by atoms with Crippen LogP contribution < -0.4 is 5.32 Å². The van der Waals surface area contributed by atoms with Gasteiger partial charge in [0.25, 0.3) is 0 Å². The van der Waals surface area contributed by atoms with E-state index >= 15 is 0 Å². The molecule has 6 heteroatoms. The van der Waals surface area contributed by atoms with Gasteiger partial charge in [0.2, 0.25) is 11.7 Å². The molecule has 1 unspecified atom stereocenters. The van der Waals surface area contributed by atoms with Gasteiger partial charge in [0.15, 0.2) is 0 Å². The zero-order chi connectivity index (χ0) is 14.3. The molecular formula is C15H16N4OS. The second kappa shape index (κ2) is 4.89. The average Bonchev–Trinajstić information content (AvgIpc) is 3.25. The van der Waals surface area contributed by atoms with E-state index in [1.54, 1.807) is 11.3 Å². The van der Waals surface area contributed by atoms with Gasteiger partial charge in [0, 0.05) is 11.8 Å². The Morgan fingerprint density at radius 3 is 3.24 bits per heavy atom. The van der Waals surface area contributed by atoms with Crippen molar-refractivity contribution in [1.29, 1.82) is 0 Å². The normalized spacial score (nSPS) is 22.1. The summed E-state index contributed by atoms with van der Waals surface area (Å²) in [6.07, 6.45) is 4.96. The number of fused-ring (bicyclic) bond motifs is 1. The molecule has 4 rings (SSSR count). The van der Waals surface area contributed by atoms with E-state index in [0.717, 1.165) is 41.6 Å². The summed E-state index contributed by atoms with van der Waals surface area (Å²) in [7, 11) is 0. The second-order valence-corrected chi connectivity index (χ2v) is 6.36. The van der Waals surface area contributed by atoms with Gasteiger partial charge in [-0.2, -0.15) is 4.98 Å². The third-order valence-corrected chi connectivity index (χ3v) is 5.10. The van der Waals surface area contributed by atoms with Crippen LogP contribution in [0.1, 0.15) is 32.1 Å². The van der Waals surface area contributed by atoms with Gasteiger partial charge in [-0.3, -0.25) is 4.98 Å². The van der Waals surface area contributed by atoms with Crippen LogP contribution >= 0.6 is 11.3 Å². The zero-order valence-electron chi connectivity index (χ0n) is 11.8. The van der Waals surface area contributed by atoms with Crippen LogP contribution in [0.5, 0.6) is 0 Å². The SMILES string of the molecule is CCC1(c2nc(-c3cnc4ccsc4c3)no2)CCCN1. The van der Waals surface area contributed by atoms with E-state index in [-0.39, 0.29) is 5.54 Å². The van der Waals surface area contributed by atoms with Crippen LogP contribution in [0.3, 0.4) is 0 Å². The Morgan fingerprint density at radius 1 is 1.48 bits per heavy atom. The summed E-state index contributed by atoms with van der Waals surface area (Å²) in [6, 6.07) is 4.09. The summed E-state index contributed by atoms with van der Waals surface area (Å²) in [5, 5.41) is 9.71. The molecule has 1 atom stereocenters. The number of nitrogens with one attached hydrogen (secondary N) is 1. The molecule has 3 aromatic rings. The summed E-state index contributed by atoms with van der Waals surface area (Å²) in [6.45, 7) is 3.16. The Morgan fingerprint density at radius 2 is 2.43 bits per heavy atom. The van der Waals surface area contributed by atoms with Crippen molar-refractivity contribution in [2.45, 2.75) is 31.7 Å². The number of aromatic nitrogens is 3. The van der Waals surface area contributed by atoms with Gasteiger partial charge >= 0.3 is 0 Å². The number of rotatable bonds is 3. The highest BCUT2D eigenvalue weighted by molar-refractivity contribution is 7.17. The molecule has 4 heterocycles. The van der Waals surface area contributed by atoms with Gasteiger partial charge in [-0.25, -0.2) is 0 Å². The number of hydrogen-bond acceptors (Lipinski definition) is 6. The first-order chi connectivity index (χ1) is 10.3. The largest absolute Gasteiger partial charge is 0.337 e. The highest BCUT2D eigenvalue weighted by Gasteiger charge is 2.38. The fraction of sp³-hybridized carbons (Fsp3) is 0.400. The fourth-order valence-corrected chi connectivity index (χ4v) is 3.73. The molecule has 1 aliphatic heterocycles. The quantitative estimate of drug-likeness (QED) is 0.803. The van der Waals surface area contributed by atoms with Gasteiger partial charge in [-0.15, -0.1) is 11.3 Å². The molecule has 0 aromatic carbocycles. The Hall–Kier alpha value is -1.79. The van der Waals surface area contributed by atoms with E-state index in [1.807, 2.05) is 17.6 Å². The fourth-order valence-electron chi connectivity index (χ4n) is 2.95. The molecule has 0 saturated carbocycles. The third-order valence-electron chi connectivity index (χ3n) is 4.24. The molecule has 1 N–H and O–H groups in total. The smallest absolute Gasteiger partial charge is 0.247 e. The van der Waals surface area contributed by atoms with Crippen LogP contribution in [0.15, 0.2) is 28.2 Å². The second-order valence-electron chi connectivity index (χ2n) is 5.42. The van der Waals surface area contributed by atoms with Crippen molar-refractivity contribution in [2.75, 3.05) is 6.54 Å². The maximum Gasteiger partial charge on any atom is 0.247 e. The summed E-state index contributed by atoms with van der Waals surface area (Å²) in [5.74, 6) is 1.32. The maximum absolute atomic E-state index is 5.54. The molecule has 0 bridgehead atoms. The maximum atomic E-state index is 5.54. The van der Waals surface area contributed by atoms with Crippen molar-refractivity contribution < 1.29 is 4.52 Å². The highest BCUT2D eigenvalue weighted by Crippen LogP contribution is 2.34. The first-order valence-corrected chi connectivity index (χ1v) is 8.11. The van der Waals surface area contributed by atoms with Crippen molar-refractivity contribution in [1.82, 2.24) is 20.4 Å². The molecule has 3 aromatic heterocycles. The van der Waals surface area contributed by atoms with Crippen molar-refractivity contribution >= 4 is 21.6 Å². The Balaban J connectivity index is 1.73. The van der Waals surface area contributed by atoms with Crippen molar-refractivity contribution in [2.24, 2.45) is 0 Å². The van der Waals surface area contributed by atoms with Crippen LogP contribution in [-0.4, -0.2) is 21.7 Å². The van der Waals surface area contributed by atoms with Crippen molar-refractivity contribution in [3.8, 4) is 11.4 Å². The lowest BCUT2D eigenvalue weighted by atomic mass is 9.94. The van der Waals surface area contributed by atoms with Gasteiger partial charge in [-0.1, -0.05) is 12.1 Å². The number of thiophene rings is 1. The van der Waals surface area contributed by atoms with Gasteiger partial charge in [0.1, 0.15) is 0 Å². The van der Waals surface area contributed by atoms with Gasteiger partial charge < -0.3 is 9.84 Å². The Bertz CT molecular complexity index is 773. The average molecular weight is 300 g/mol. The molecule has 0 radical (unpaired) electrons. The first-order valence-electron chi connectivity index (χ1n) is 7.23. The molecule has 1 aliphatic rings. The monoisotopic (exact) mass is 300 g/mol. The van der Waals surface area contributed by atoms with Crippen LogP contribution in [0.25, 0.3) is 21.6 Å². The predicted molar refractivity (Wildman–Crippen MR) is 82.1 cm³/mol. The number of pyridine rings is 1. The first kappa shape index (κ1) is 12.9. The Labute approximate surface area is 126 Å². The van der Waals surface area contributed by atoms with E-state index in [4.69, 9.17) is 4.52 Å². The van der Waals surface area contributed by atoms with Crippen LogP contribution in [0.2, 0.25) is 0 Å². The topological polar surface area (TPSA) is 63.8 Å². The molecule has 0 spiro atoms. The number of nitrogens with zero attached hydrogens (tertiary/aromatic N) is 3. The minimum Gasteiger partial charge on any atom is -0.337 e. The zero-order valence-corrected chi connectivity index (χ0v) is 12.6. The van der Waals surface area contributed by atoms with Crippen LogP contribution in [0, 0.1) is 0 Å². The molecule has 0 aliphatic carbocycles. The number of hydrogen-bond donors (Lipinski definition) is 1. The summed E-state index contributed by atoms with van der Waals surface area (Å²) < 4.78 is 6.68. The van der Waals surface area contributed by atoms with Crippen molar-refractivity contribution in [3.05, 3.63) is 29.6 Å². The summed E-state index contributed by atoms with van der Waals surface area (Å²) in [4.78, 5) is 9.06. The standard InChI is InChI=1S/C15H16N4OS/c1-2-15(5-3-6-17-15)14-18-13(19-20-14)10-8-12-11(16-9-10)4-7-21-12/h4,7-9,17H,2-3,5-6H2,1H3. The molecule has 0 amide bonds. The predicted octanol–water partition coefficient (Wildman–Crippen LogP) is 3.34. The molecular weight excluding hydrogens is 284 g/mol. The van der Waals surface area contributed by atoms with Crippen LogP contribution in [-0.2, 0) is 5.54 Å². The van der Waals surface area contributed by atoms with Gasteiger partial charge in [-0.05, 0) is 43.3 Å². The molecule has 1 fully saturated rings. The molecule has 1 saturated heterocycles. The van der Waals surface area contributed by atoms with Crippen molar-refractivity contribution in [3.63, 3.8) is 0 Å². The van der Waals surface area contributed by atoms with E-state index in [2.05, 4.69) is 33.4 Å². The minimum atomic E-state index is -0.147. The highest BCUT2D eigenvalue weighted by atomic mass is 32.1. The molecule has 21 heavy (non-hydrogen) atoms. The lowest BCUT2D eigenvalue weighted by Gasteiger charge is -2.22. The van der Waals surface area contributed by atoms with E-state index in [1.165, 1.54) is 0 Å². The lowest BCUT2D eigenvalue weighted by Crippen LogP contribution is -2.36. The molecule has 5 nitrogen and oxygen atoms in total. The van der Waals surface area contributed by atoms with E-state index in [0.29, 0.717) is 11.7 Å². The summed E-state index contributed by atoms with van der Waals surface area (Å²) in [5.41, 5.74) is 1.77. The Kier molecular flexibility index (Phi) is 3.01. The minimum absolute atomic E-state index is 0.147. The van der Waals surface area contributed by atoms with Crippen LogP contribution in [0.4, 0.5) is 0 Å². The third kappa shape index (κ3) is 2.06. The molecule has 108 valence electrons. The van der Waals surface area contributed by atoms with Gasteiger partial charge in [0.05, 0.1) is 15.8 Å². The van der Waals surface area contributed by atoms with E-state index < -0.39 is 0 Å². The lowest BCUT2D eigenvalue weighted by molar-refractivity contribution is 0.250. The summed E-state index contributed by atoms with van der Waals surface area (Å²) >= 11 is 1.67. The van der Waals surface area contributed by atoms with E-state index in [9.17, 15) is 0 Å².